The summed E-state index contributed by atoms with van der Waals surface area (Å²) in [7, 11) is 3.13. The number of hydrogen-bond donors (Lipinski definition) is 1. The number of hydrogen-bond acceptors (Lipinski definition) is 4. The molecule has 2 aromatic carbocycles. The minimum absolute atomic E-state index is 0.0322. The number of nitrogens with one attached hydrogen (secondary N) is 1. The lowest BCUT2D eigenvalue weighted by Crippen LogP contribution is -2.41. The molecule has 3 rings (SSSR count). The molecule has 6 heteroatoms. The highest BCUT2D eigenvalue weighted by molar-refractivity contribution is 5.96. The number of amides is 2. The van der Waals surface area contributed by atoms with Crippen molar-refractivity contribution in [1.29, 1.82) is 0 Å². The molecule has 0 aromatic heterocycles. The minimum Gasteiger partial charge on any atom is -0.493 e. The molecule has 1 fully saturated rings. The highest BCUT2D eigenvalue weighted by Crippen LogP contribution is 2.30. The third-order valence-corrected chi connectivity index (χ3v) is 5.18. The molecular formula is C22H26N2O4. The van der Waals surface area contributed by atoms with E-state index in [-0.39, 0.29) is 17.7 Å². The Morgan fingerprint density at radius 1 is 1.00 bits per heavy atom. The van der Waals surface area contributed by atoms with E-state index in [2.05, 4.69) is 5.32 Å². The van der Waals surface area contributed by atoms with Crippen LogP contribution in [0.3, 0.4) is 0 Å². The van der Waals surface area contributed by atoms with Gasteiger partial charge in [0.1, 0.15) is 0 Å². The Bertz CT molecular complexity index is 857. The van der Waals surface area contributed by atoms with Crippen LogP contribution < -0.4 is 14.8 Å². The van der Waals surface area contributed by atoms with Gasteiger partial charge in [-0.15, -0.1) is 0 Å². The summed E-state index contributed by atoms with van der Waals surface area (Å²) < 4.78 is 10.5. The minimum atomic E-state index is -0.117. The molecule has 6 nitrogen and oxygen atoms in total. The van der Waals surface area contributed by atoms with Gasteiger partial charge in [0.2, 0.25) is 5.91 Å². The summed E-state index contributed by atoms with van der Waals surface area (Å²) >= 11 is 0. The van der Waals surface area contributed by atoms with Crippen LogP contribution in [0.15, 0.2) is 42.5 Å². The number of piperidine rings is 1. The maximum absolute atomic E-state index is 12.7. The normalized spacial score (nSPS) is 14.5. The quantitative estimate of drug-likeness (QED) is 0.859. The average Bonchev–Trinajstić information content (AvgIpc) is 2.73. The molecule has 0 unspecified atom stereocenters. The molecule has 0 saturated carbocycles. The fraction of sp³-hybridized carbons (Fsp3) is 0.364. The van der Waals surface area contributed by atoms with Crippen LogP contribution in [-0.4, -0.2) is 44.0 Å². The molecule has 28 heavy (non-hydrogen) atoms. The van der Waals surface area contributed by atoms with E-state index in [4.69, 9.17) is 9.47 Å². The molecule has 1 saturated heterocycles. The number of anilines is 1. The van der Waals surface area contributed by atoms with Crippen LogP contribution in [0.25, 0.3) is 0 Å². The van der Waals surface area contributed by atoms with Gasteiger partial charge in [0, 0.05) is 36.3 Å². The number of rotatable bonds is 5. The lowest BCUT2D eigenvalue weighted by Gasteiger charge is -2.31. The Balaban J connectivity index is 1.58. The SMILES string of the molecule is COc1ccc(NC(=O)C2CCN(C(=O)c3ccccc3C)CC2)cc1OC. The van der Waals surface area contributed by atoms with Crippen LogP contribution in [0, 0.1) is 12.8 Å². The molecule has 2 amide bonds. The Labute approximate surface area is 165 Å². The largest absolute Gasteiger partial charge is 0.493 e. The van der Waals surface area contributed by atoms with Crippen molar-refractivity contribution in [2.45, 2.75) is 19.8 Å². The van der Waals surface area contributed by atoms with Gasteiger partial charge in [0.05, 0.1) is 14.2 Å². The van der Waals surface area contributed by atoms with Gasteiger partial charge in [-0.3, -0.25) is 9.59 Å². The first-order valence-corrected chi connectivity index (χ1v) is 9.41. The first-order chi connectivity index (χ1) is 13.5. The second-order valence-corrected chi connectivity index (χ2v) is 6.94. The Morgan fingerprint density at radius 3 is 2.32 bits per heavy atom. The predicted molar refractivity (Wildman–Crippen MR) is 108 cm³/mol. The van der Waals surface area contributed by atoms with E-state index in [1.54, 1.807) is 32.4 Å². The average molecular weight is 382 g/mol. The first kappa shape index (κ1) is 19.7. The monoisotopic (exact) mass is 382 g/mol. The van der Waals surface area contributed by atoms with Gasteiger partial charge in [-0.2, -0.15) is 0 Å². The molecule has 1 heterocycles. The maximum Gasteiger partial charge on any atom is 0.254 e. The highest BCUT2D eigenvalue weighted by atomic mass is 16.5. The lowest BCUT2D eigenvalue weighted by molar-refractivity contribution is -0.121. The summed E-state index contributed by atoms with van der Waals surface area (Å²) in [6.45, 7) is 3.10. The van der Waals surface area contributed by atoms with Crippen molar-refractivity contribution >= 4 is 17.5 Å². The smallest absolute Gasteiger partial charge is 0.254 e. The summed E-state index contributed by atoms with van der Waals surface area (Å²) in [4.78, 5) is 27.2. The molecule has 0 radical (unpaired) electrons. The predicted octanol–water partition coefficient (Wildman–Crippen LogP) is 3.50. The molecule has 0 bridgehead atoms. The number of ether oxygens (including phenoxy) is 2. The topological polar surface area (TPSA) is 67.9 Å². The lowest BCUT2D eigenvalue weighted by atomic mass is 9.95. The van der Waals surface area contributed by atoms with Gasteiger partial charge in [-0.25, -0.2) is 0 Å². The van der Waals surface area contributed by atoms with Gasteiger partial charge in [0.15, 0.2) is 11.5 Å². The van der Waals surface area contributed by atoms with Gasteiger partial charge < -0.3 is 19.7 Å². The summed E-state index contributed by atoms with van der Waals surface area (Å²) in [6, 6.07) is 12.9. The van der Waals surface area contributed by atoms with Crippen LogP contribution in [0.5, 0.6) is 11.5 Å². The fourth-order valence-electron chi connectivity index (χ4n) is 3.49. The van der Waals surface area contributed by atoms with E-state index in [9.17, 15) is 9.59 Å². The molecular weight excluding hydrogens is 356 g/mol. The summed E-state index contributed by atoms with van der Waals surface area (Å²) in [5.41, 5.74) is 2.37. The summed E-state index contributed by atoms with van der Waals surface area (Å²) in [6.07, 6.45) is 1.30. The number of methoxy groups -OCH3 is 2. The van der Waals surface area contributed by atoms with Crippen LogP contribution in [0.4, 0.5) is 5.69 Å². The third-order valence-electron chi connectivity index (χ3n) is 5.18. The number of carbonyl (C=O) groups excluding carboxylic acids is 2. The van der Waals surface area contributed by atoms with Crippen molar-refractivity contribution in [1.82, 2.24) is 4.90 Å². The van der Waals surface area contributed by atoms with Crippen molar-refractivity contribution in [2.75, 3.05) is 32.6 Å². The first-order valence-electron chi connectivity index (χ1n) is 9.41. The van der Waals surface area contributed by atoms with Gasteiger partial charge in [0.25, 0.3) is 5.91 Å². The van der Waals surface area contributed by atoms with E-state index in [1.165, 1.54) is 0 Å². The second kappa shape index (κ2) is 8.78. The van der Waals surface area contributed by atoms with Crippen molar-refractivity contribution in [2.24, 2.45) is 5.92 Å². The van der Waals surface area contributed by atoms with Crippen molar-refractivity contribution < 1.29 is 19.1 Å². The van der Waals surface area contributed by atoms with Gasteiger partial charge >= 0.3 is 0 Å². The fourth-order valence-corrected chi connectivity index (χ4v) is 3.49. The molecule has 0 aliphatic carbocycles. The molecule has 2 aromatic rings. The van der Waals surface area contributed by atoms with Crippen molar-refractivity contribution in [3.8, 4) is 11.5 Å². The molecule has 1 aliphatic heterocycles. The number of nitrogens with zero attached hydrogens (tertiary/aromatic N) is 1. The zero-order valence-electron chi connectivity index (χ0n) is 16.5. The molecule has 1 aliphatic rings. The Hall–Kier alpha value is -3.02. The number of likely N-dealkylation sites (tertiary alicyclic amines) is 1. The molecule has 1 N–H and O–H groups in total. The van der Waals surface area contributed by atoms with Crippen molar-refractivity contribution in [3.05, 3.63) is 53.6 Å². The highest BCUT2D eigenvalue weighted by Gasteiger charge is 2.28. The maximum atomic E-state index is 12.7. The Morgan fingerprint density at radius 2 is 1.68 bits per heavy atom. The summed E-state index contributed by atoms with van der Waals surface area (Å²) in [5, 5.41) is 2.94. The van der Waals surface area contributed by atoms with E-state index in [1.807, 2.05) is 36.1 Å². The van der Waals surface area contributed by atoms with Crippen LogP contribution in [0.2, 0.25) is 0 Å². The van der Waals surface area contributed by atoms with Gasteiger partial charge in [-0.1, -0.05) is 18.2 Å². The molecule has 0 atom stereocenters. The third kappa shape index (κ3) is 4.27. The molecule has 0 spiro atoms. The molecule has 148 valence electrons. The van der Waals surface area contributed by atoms with E-state index in [0.29, 0.717) is 43.1 Å². The van der Waals surface area contributed by atoms with Gasteiger partial charge in [-0.05, 0) is 43.5 Å². The van der Waals surface area contributed by atoms with E-state index < -0.39 is 0 Å². The van der Waals surface area contributed by atoms with Crippen LogP contribution >= 0.6 is 0 Å². The van der Waals surface area contributed by atoms with E-state index in [0.717, 1.165) is 11.1 Å². The van der Waals surface area contributed by atoms with Crippen molar-refractivity contribution in [3.63, 3.8) is 0 Å². The Kier molecular flexibility index (Phi) is 6.19. The number of carbonyl (C=O) groups is 2. The number of aryl methyl sites for hydroxylation is 1. The van der Waals surface area contributed by atoms with Crippen LogP contribution in [-0.2, 0) is 4.79 Å². The zero-order valence-corrected chi connectivity index (χ0v) is 16.5. The summed E-state index contributed by atoms with van der Waals surface area (Å²) in [5.74, 6) is 1.07. The standard InChI is InChI=1S/C22H26N2O4/c1-15-6-4-5-7-18(15)22(26)24-12-10-16(11-13-24)21(25)23-17-8-9-19(27-2)20(14-17)28-3/h4-9,14,16H,10-13H2,1-3H3,(H,23,25). The van der Waals surface area contributed by atoms with Crippen LogP contribution in [0.1, 0.15) is 28.8 Å². The zero-order chi connectivity index (χ0) is 20.1. The van der Waals surface area contributed by atoms with E-state index >= 15 is 0 Å². The second-order valence-electron chi connectivity index (χ2n) is 6.94. The number of benzene rings is 2.